The van der Waals surface area contributed by atoms with E-state index in [2.05, 4.69) is 15.2 Å². The highest BCUT2D eigenvalue weighted by Crippen LogP contribution is 2.21. The minimum Gasteiger partial charge on any atom is -0.379 e. The van der Waals surface area contributed by atoms with Crippen molar-refractivity contribution in [3.63, 3.8) is 0 Å². The molecule has 172 valence electrons. The third kappa shape index (κ3) is 5.32. The van der Waals surface area contributed by atoms with Gasteiger partial charge in [-0.15, -0.1) is 0 Å². The maximum absolute atomic E-state index is 14.4. The molecule has 2 aromatic rings. The fourth-order valence-corrected chi connectivity index (χ4v) is 5.43. The number of hydrogen-bond acceptors (Lipinski definition) is 6. The molecule has 2 fully saturated rings. The van der Waals surface area contributed by atoms with Crippen molar-refractivity contribution in [2.75, 3.05) is 39.4 Å². The lowest BCUT2D eigenvalue weighted by Crippen LogP contribution is -2.44. The third-order valence-corrected chi connectivity index (χ3v) is 7.72. The number of carbonyl (C=O) groups excluding carboxylic acids is 1. The largest absolute Gasteiger partial charge is 0.379 e. The standard InChI is InChI=1S/C22H27FN4O4S/c23-21-5-4-19(32(29,30)27-11-13-31-14-12-27)15-20(21)22(28)25-17-6-9-26(10-7-17)16-18-3-1-2-8-24-18/h1-5,8,15,17H,6-7,9-14,16H2,(H,25,28). The highest BCUT2D eigenvalue weighted by Gasteiger charge is 2.29. The van der Waals surface area contributed by atoms with Crippen LogP contribution in [0.25, 0.3) is 0 Å². The van der Waals surface area contributed by atoms with Gasteiger partial charge in [0.15, 0.2) is 0 Å². The summed E-state index contributed by atoms with van der Waals surface area (Å²) in [4.78, 5) is 19.3. The van der Waals surface area contributed by atoms with Crippen LogP contribution >= 0.6 is 0 Å². The first-order valence-corrected chi connectivity index (χ1v) is 12.2. The van der Waals surface area contributed by atoms with Crippen LogP contribution in [0.3, 0.4) is 0 Å². The quantitative estimate of drug-likeness (QED) is 0.702. The molecule has 4 rings (SSSR count). The van der Waals surface area contributed by atoms with Gasteiger partial charge in [0.25, 0.3) is 5.91 Å². The van der Waals surface area contributed by atoms with Crippen molar-refractivity contribution in [3.8, 4) is 0 Å². The number of aromatic nitrogens is 1. The fraction of sp³-hybridized carbons (Fsp3) is 0.455. The van der Waals surface area contributed by atoms with Crippen molar-refractivity contribution in [1.82, 2.24) is 19.5 Å². The molecular weight excluding hydrogens is 435 g/mol. The predicted molar refractivity (Wildman–Crippen MR) is 116 cm³/mol. The lowest BCUT2D eigenvalue weighted by Gasteiger charge is -2.32. The zero-order valence-electron chi connectivity index (χ0n) is 17.7. The second kappa shape index (κ2) is 10.0. The topological polar surface area (TPSA) is 91.8 Å². The number of nitrogens with zero attached hydrogens (tertiary/aromatic N) is 3. The number of piperidine rings is 1. The number of carbonyl (C=O) groups is 1. The average Bonchev–Trinajstić information content (AvgIpc) is 2.82. The molecule has 2 aliphatic rings. The molecule has 3 heterocycles. The summed E-state index contributed by atoms with van der Waals surface area (Å²) in [5, 5.41) is 2.87. The monoisotopic (exact) mass is 462 g/mol. The highest BCUT2D eigenvalue weighted by molar-refractivity contribution is 7.89. The summed E-state index contributed by atoms with van der Waals surface area (Å²) >= 11 is 0. The third-order valence-electron chi connectivity index (χ3n) is 5.82. The van der Waals surface area contributed by atoms with Crippen molar-refractivity contribution in [2.24, 2.45) is 0 Å². The zero-order valence-corrected chi connectivity index (χ0v) is 18.6. The molecule has 0 saturated carbocycles. The Bertz CT molecular complexity index is 1040. The Labute approximate surface area is 187 Å². The summed E-state index contributed by atoms with van der Waals surface area (Å²) in [6.45, 7) is 3.42. The summed E-state index contributed by atoms with van der Waals surface area (Å²) in [6, 6.07) is 9.09. The molecule has 2 saturated heterocycles. The van der Waals surface area contributed by atoms with Gasteiger partial charge in [-0.2, -0.15) is 4.31 Å². The van der Waals surface area contributed by atoms with Gasteiger partial charge in [0.05, 0.1) is 29.4 Å². The summed E-state index contributed by atoms with van der Waals surface area (Å²) < 4.78 is 46.6. The van der Waals surface area contributed by atoms with Crippen LogP contribution in [0.15, 0.2) is 47.5 Å². The first kappa shape index (κ1) is 22.8. The van der Waals surface area contributed by atoms with Gasteiger partial charge in [0.2, 0.25) is 10.0 Å². The minimum absolute atomic E-state index is 0.0869. The number of rotatable bonds is 6. The molecule has 0 aliphatic carbocycles. The second-order valence-electron chi connectivity index (χ2n) is 8.00. The Morgan fingerprint density at radius 2 is 1.88 bits per heavy atom. The molecule has 0 spiro atoms. The number of likely N-dealkylation sites (tertiary alicyclic amines) is 1. The molecule has 1 aromatic heterocycles. The highest BCUT2D eigenvalue weighted by atomic mass is 32.2. The second-order valence-corrected chi connectivity index (χ2v) is 9.94. The van der Waals surface area contributed by atoms with E-state index in [1.165, 1.54) is 10.4 Å². The van der Waals surface area contributed by atoms with Crippen LogP contribution in [0.4, 0.5) is 4.39 Å². The summed E-state index contributed by atoms with van der Waals surface area (Å²) in [6.07, 6.45) is 3.22. The van der Waals surface area contributed by atoms with Gasteiger partial charge in [-0.25, -0.2) is 12.8 Å². The predicted octanol–water partition coefficient (Wildman–Crippen LogP) is 1.64. The number of amides is 1. The maximum atomic E-state index is 14.4. The summed E-state index contributed by atoms with van der Waals surface area (Å²) in [5.41, 5.74) is 0.741. The molecule has 10 heteroatoms. The maximum Gasteiger partial charge on any atom is 0.254 e. The Balaban J connectivity index is 1.38. The average molecular weight is 463 g/mol. The normalized spacial score (nSPS) is 19.0. The van der Waals surface area contributed by atoms with E-state index in [4.69, 9.17) is 4.74 Å². The van der Waals surface area contributed by atoms with Gasteiger partial charge in [-0.3, -0.25) is 14.7 Å². The lowest BCUT2D eigenvalue weighted by molar-refractivity contribution is 0.0730. The van der Waals surface area contributed by atoms with Crippen molar-refractivity contribution in [1.29, 1.82) is 0 Å². The number of morpholine rings is 1. The van der Waals surface area contributed by atoms with E-state index >= 15 is 0 Å². The van der Waals surface area contributed by atoms with E-state index in [1.807, 2.05) is 18.2 Å². The van der Waals surface area contributed by atoms with E-state index in [0.29, 0.717) is 13.2 Å². The molecule has 8 nitrogen and oxygen atoms in total. The van der Waals surface area contributed by atoms with Crippen LogP contribution in [0.5, 0.6) is 0 Å². The summed E-state index contributed by atoms with van der Waals surface area (Å²) in [5.74, 6) is -1.33. The first-order valence-electron chi connectivity index (χ1n) is 10.7. The number of benzene rings is 1. The molecule has 1 amide bonds. The van der Waals surface area contributed by atoms with Crippen LogP contribution in [0.2, 0.25) is 0 Å². The molecule has 0 bridgehead atoms. The van der Waals surface area contributed by atoms with Gasteiger partial charge in [0, 0.05) is 45.0 Å². The Morgan fingerprint density at radius 1 is 1.12 bits per heavy atom. The van der Waals surface area contributed by atoms with E-state index in [0.717, 1.165) is 50.3 Å². The van der Waals surface area contributed by atoms with Crippen molar-refractivity contribution in [3.05, 3.63) is 59.7 Å². The molecule has 0 unspecified atom stereocenters. The minimum atomic E-state index is -3.81. The SMILES string of the molecule is O=C(NC1CCN(Cc2ccccn2)CC1)c1cc(S(=O)(=O)N2CCOCC2)ccc1F. The van der Waals surface area contributed by atoms with Crippen LogP contribution in [-0.2, 0) is 21.3 Å². The van der Waals surface area contributed by atoms with Gasteiger partial charge in [-0.1, -0.05) is 6.07 Å². The van der Waals surface area contributed by atoms with Crippen molar-refractivity contribution in [2.45, 2.75) is 30.3 Å². The lowest BCUT2D eigenvalue weighted by atomic mass is 10.0. The molecular formula is C22H27FN4O4S. The van der Waals surface area contributed by atoms with Crippen molar-refractivity contribution >= 4 is 15.9 Å². The van der Waals surface area contributed by atoms with Gasteiger partial charge in [-0.05, 0) is 43.2 Å². The molecule has 0 radical (unpaired) electrons. The fourth-order valence-electron chi connectivity index (χ4n) is 3.99. The van der Waals surface area contributed by atoms with Crippen LogP contribution in [0, 0.1) is 5.82 Å². The van der Waals surface area contributed by atoms with Crippen LogP contribution < -0.4 is 5.32 Å². The van der Waals surface area contributed by atoms with Gasteiger partial charge in [0.1, 0.15) is 5.82 Å². The van der Waals surface area contributed by atoms with E-state index < -0.39 is 21.7 Å². The molecule has 32 heavy (non-hydrogen) atoms. The van der Waals surface area contributed by atoms with Crippen molar-refractivity contribution < 1.29 is 22.3 Å². The zero-order chi connectivity index (χ0) is 22.6. The number of ether oxygens (including phenoxy) is 1. The van der Waals surface area contributed by atoms with Gasteiger partial charge >= 0.3 is 0 Å². The van der Waals surface area contributed by atoms with Crippen LogP contribution in [-0.4, -0.2) is 73.9 Å². The van der Waals surface area contributed by atoms with Gasteiger partial charge < -0.3 is 10.1 Å². The van der Waals surface area contributed by atoms with E-state index in [1.54, 1.807) is 6.20 Å². The molecule has 1 N–H and O–H groups in total. The van der Waals surface area contributed by atoms with E-state index in [-0.39, 0.29) is 29.6 Å². The Morgan fingerprint density at radius 3 is 2.56 bits per heavy atom. The smallest absolute Gasteiger partial charge is 0.254 e. The van der Waals surface area contributed by atoms with E-state index in [9.17, 15) is 17.6 Å². The summed E-state index contributed by atoms with van der Waals surface area (Å²) in [7, 11) is -3.81. The number of nitrogens with one attached hydrogen (secondary N) is 1. The van der Waals surface area contributed by atoms with Crippen LogP contribution in [0.1, 0.15) is 28.9 Å². The Hall–Kier alpha value is -2.40. The number of halogens is 1. The molecule has 1 aromatic carbocycles. The molecule has 2 aliphatic heterocycles. The Kier molecular flexibility index (Phi) is 7.14. The first-order chi connectivity index (χ1) is 15.4. The number of pyridine rings is 1. The number of sulfonamides is 1. The molecule has 0 atom stereocenters. The number of hydrogen-bond donors (Lipinski definition) is 1.